The minimum Gasteiger partial charge on any atom is -0.377 e. The van der Waals surface area contributed by atoms with E-state index >= 15 is 0 Å². The predicted molar refractivity (Wildman–Crippen MR) is 82.0 cm³/mol. The van der Waals surface area contributed by atoms with Crippen LogP contribution in [0.2, 0.25) is 0 Å². The van der Waals surface area contributed by atoms with Crippen molar-refractivity contribution >= 4 is 0 Å². The summed E-state index contributed by atoms with van der Waals surface area (Å²) in [5.74, 6) is 0. The molecule has 0 bridgehead atoms. The van der Waals surface area contributed by atoms with Crippen LogP contribution in [-0.4, -0.2) is 35.6 Å². The molecule has 1 N–H and O–H groups in total. The monoisotopic (exact) mass is 279 g/mol. The SMILES string of the molecule is CCn1nc(C)cc1CC(NC)C1(OC)CCCCC1. The molecule has 0 aliphatic heterocycles. The van der Waals surface area contributed by atoms with Crippen molar-refractivity contribution in [3.8, 4) is 0 Å². The molecule has 1 saturated carbocycles. The van der Waals surface area contributed by atoms with Gasteiger partial charge in [0.25, 0.3) is 0 Å². The predicted octanol–water partition coefficient (Wildman–Crippen LogP) is 2.69. The quantitative estimate of drug-likeness (QED) is 0.870. The van der Waals surface area contributed by atoms with Crippen molar-refractivity contribution in [1.29, 1.82) is 0 Å². The van der Waals surface area contributed by atoms with Gasteiger partial charge in [0.15, 0.2) is 0 Å². The lowest BCUT2D eigenvalue weighted by atomic mass is 9.77. The van der Waals surface area contributed by atoms with Gasteiger partial charge in [0.05, 0.1) is 11.3 Å². The van der Waals surface area contributed by atoms with Crippen LogP contribution in [-0.2, 0) is 17.7 Å². The molecule has 0 aromatic carbocycles. The lowest BCUT2D eigenvalue weighted by Crippen LogP contribution is -2.53. The Morgan fingerprint density at radius 2 is 2.10 bits per heavy atom. The standard InChI is InChI=1S/C16H29N3O/c1-5-19-14(11-13(2)18-19)12-15(17-3)16(20-4)9-7-6-8-10-16/h11,15,17H,5-10,12H2,1-4H3. The van der Waals surface area contributed by atoms with Crippen LogP contribution in [0.3, 0.4) is 0 Å². The second kappa shape index (κ2) is 6.72. The zero-order valence-corrected chi connectivity index (χ0v) is 13.4. The van der Waals surface area contributed by atoms with Crippen molar-refractivity contribution in [3.05, 3.63) is 17.5 Å². The highest BCUT2D eigenvalue weighted by Crippen LogP contribution is 2.35. The number of aromatic nitrogens is 2. The highest BCUT2D eigenvalue weighted by Gasteiger charge is 2.39. The summed E-state index contributed by atoms with van der Waals surface area (Å²) >= 11 is 0. The summed E-state index contributed by atoms with van der Waals surface area (Å²) in [5.41, 5.74) is 2.40. The van der Waals surface area contributed by atoms with Gasteiger partial charge in [0.2, 0.25) is 0 Å². The molecule has 1 aromatic heterocycles. The van der Waals surface area contributed by atoms with E-state index in [1.54, 1.807) is 0 Å². The smallest absolute Gasteiger partial charge is 0.0834 e. The fourth-order valence-corrected chi connectivity index (χ4v) is 3.64. The number of nitrogens with zero attached hydrogens (tertiary/aromatic N) is 2. The van der Waals surface area contributed by atoms with E-state index in [0.29, 0.717) is 6.04 Å². The zero-order chi connectivity index (χ0) is 14.6. The molecular formula is C16H29N3O. The summed E-state index contributed by atoms with van der Waals surface area (Å²) < 4.78 is 8.11. The minimum atomic E-state index is -0.0102. The number of aryl methyl sites for hydroxylation is 2. The largest absolute Gasteiger partial charge is 0.377 e. The van der Waals surface area contributed by atoms with Crippen LogP contribution in [0.4, 0.5) is 0 Å². The minimum absolute atomic E-state index is 0.0102. The van der Waals surface area contributed by atoms with Gasteiger partial charge in [-0.1, -0.05) is 19.3 Å². The summed E-state index contributed by atoms with van der Waals surface area (Å²) in [7, 11) is 3.93. The molecule has 1 unspecified atom stereocenters. The highest BCUT2D eigenvalue weighted by atomic mass is 16.5. The van der Waals surface area contributed by atoms with E-state index in [-0.39, 0.29) is 5.60 Å². The average molecular weight is 279 g/mol. The van der Waals surface area contributed by atoms with Crippen molar-refractivity contribution in [3.63, 3.8) is 0 Å². The van der Waals surface area contributed by atoms with Gasteiger partial charge < -0.3 is 10.1 Å². The molecule has 4 nitrogen and oxygen atoms in total. The molecule has 20 heavy (non-hydrogen) atoms. The fourth-order valence-electron chi connectivity index (χ4n) is 3.64. The van der Waals surface area contributed by atoms with E-state index in [4.69, 9.17) is 4.74 Å². The van der Waals surface area contributed by atoms with E-state index in [9.17, 15) is 0 Å². The molecule has 1 heterocycles. The first-order valence-corrected chi connectivity index (χ1v) is 7.91. The van der Waals surface area contributed by atoms with Gasteiger partial charge >= 0.3 is 0 Å². The third-order valence-corrected chi connectivity index (χ3v) is 4.79. The first-order chi connectivity index (χ1) is 9.65. The Morgan fingerprint density at radius 1 is 1.40 bits per heavy atom. The number of rotatable bonds is 6. The van der Waals surface area contributed by atoms with Crippen molar-refractivity contribution < 1.29 is 4.74 Å². The number of ether oxygens (including phenoxy) is 1. The van der Waals surface area contributed by atoms with Gasteiger partial charge in [-0.3, -0.25) is 4.68 Å². The first kappa shape index (κ1) is 15.5. The normalized spacial score (nSPS) is 20.0. The molecule has 4 heteroatoms. The van der Waals surface area contributed by atoms with Crippen LogP contribution in [0.5, 0.6) is 0 Å². The van der Waals surface area contributed by atoms with Crippen LogP contribution >= 0.6 is 0 Å². The van der Waals surface area contributed by atoms with Crippen molar-refractivity contribution in [2.75, 3.05) is 14.2 Å². The molecule has 0 radical (unpaired) electrons. The van der Waals surface area contributed by atoms with E-state index in [1.807, 2.05) is 7.11 Å². The van der Waals surface area contributed by atoms with Crippen LogP contribution in [0.15, 0.2) is 6.07 Å². The van der Waals surface area contributed by atoms with Gasteiger partial charge in [0.1, 0.15) is 0 Å². The summed E-state index contributed by atoms with van der Waals surface area (Å²) in [6.45, 7) is 5.15. The molecule has 1 aromatic rings. The van der Waals surface area contributed by atoms with Gasteiger partial charge in [-0.2, -0.15) is 5.10 Å². The highest BCUT2D eigenvalue weighted by molar-refractivity contribution is 5.13. The third kappa shape index (κ3) is 3.07. The molecule has 1 atom stereocenters. The maximum atomic E-state index is 5.99. The second-order valence-electron chi connectivity index (χ2n) is 5.97. The molecule has 0 saturated heterocycles. The summed E-state index contributed by atoms with van der Waals surface area (Å²) in [6, 6.07) is 2.56. The van der Waals surface area contributed by atoms with Crippen molar-refractivity contribution in [2.45, 2.75) is 70.6 Å². The van der Waals surface area contributed by atoms with Crippen molar-refractivity contribution in [1.82, 2.24) is 15.1 Å². The number of hydrogen-bond acceptors (Lipinski definition) is 3. The lowest BCUT2D eigenvalue weighted by molar-refractivity contribution is -0.0660. The van der Waals surface area contributed by atoms with Gasteiger partial charge in [-0.25, -0.2) is 0 Å². The maximum Gasteiger partial charge on any atom is 0.0834 e. The Kier molecular flexibility index (Phi) is 5.22. The Morgan fingerprint density at radius 3 is 2.65 bits per heavy atom. The van der Waals surface area contributed by atoms with Crippen LogP contribution < -0.4 is 5.32 Å². The van der Waals surface area contributed by atoms with Crippen LogP contribution in [0, 0.1) is 6.92 Å². The van der Waals surface area contributed by atoms with E-state index in [0.717, 1.165) is 31.5 Å². The Balaban J connectivity index is 2.18. The molecule has 114 valence electrons. The zero-order valence-electron chi connectivity index (χ0n) is 13.4. The average Bonchev–Trinajstić information content (AvgIpc) is 2.85. The van der Waals surface area contributed by atoms with Crippen LogP contribution in [0.1, 0.15) is 50.4 Å². The van der Waals surface area contributed by atoms with Gasteiger partial charge in [-0.05, 0) is 39.8 Å². The van der Waals surface area contributed by atoms with Crippen LogP contribution in [0.25, 0.3) is 0 Å². The summed E-state index contributed by atoms with van der Waals surface area (Å²) in [6.07, 6.45) is 7.20. The molecular weight excluding hydrogens is 250 g/mol. The molecule has 1 fully saturated rings. The van der Waals surface area contributed by atoms with Crippen molar-refractivity contribution in [2.24, 2.45) is 0 Å². The summed E-state index contributed by atoms with van der Waals surface area (Å²) in [5, 5.41) is 8.06. The third-order valence-electron chi connectivity index (χ3n) is 4.79. The Labute approximate surface area is 122 Å². The van der Waals surface area contributed by atoms with Gasteiger partial charge in [0, 0.05) is 31.8 Å². The number of methoxy groups -OCH3 is 1. The Hall–Kier alpha value is -0.870. The lowest BCUT2D eigenvalue weighted by Gasteiger charge is -2.42. The fraction of sp³-hybridized carbons (Fsp3) is 0.812. The molecule has 2 rings (SSSR count). The molecule has 0 spiro atoms. The second-order valence-corrected chi connectivity index (χ2v) is 5.97. The number of hydrogen-bond donors (Lipinski definition) is 1. The number of nitrogens with one attached hydrogen (secondary N) is 1. The topological polar surface area (TPSA) is 39.1 Å². The molecule has 0 amide bonds. The maximum absolute atomic E-state index is 5.99. The van der Waals surface area contributed by atoms with E-state index in [2.05, 4.69) is 42.1 Å². The Bertz CT molecular complexity index is 421. The summed E-state index contributed by atoms with van der Waals surface area (Å²) in [4.78, 5) is 0. The molecule has 1 aliphatic rings. The molecule has 1 aliphatic carbocycles. The number of likely N-dealkylation sites (N-methyl/N-ethyl adjacent to an activating group) is 1. The first-order valence-electron chi connectivity index (χ1n) is 7.91. The van der Waals surface area contributed by atoms with E-state index in [1.165, 1.54) is 25.0 Å². The van der Waals surface area contributed by atoms with Gasteiger partial charge in [-0.15, -0.1) is 0 Å². The van der Waals surface area contributed by atoms with E-state index < -0.39 is 0 Å².